The van der Waals surface area contributed by atoms with E-state index in [-0.39, 0.29) is 28.6 Å². The van der Waals surface area contributed by atoms with Crippen molar-refractivity contribution in [3.63, 3.8) is 0 Å². The standard InChI is InChI=1S/C9H8O.Ge.Si/c1-2-6-9-8(4-1)5-3-7-10-9;;/h1-6H,7H2;;. The van der Waals surface area contributed by atoms with E-state index in [1.165, 1.54) is 5.56 Å². The topological polar surface area (TPSA) is 9.23 Å². The average Bonchev–Trinajstić information content (AvgIpc) is 2.05. The van der Waals surface area contributed by atoms with Crippen LogP contribution in [0.3, 0.4) is 0 Å². The Morgan fingerprint density at radius 1 is 1.17 bits per heavy atom. The van der Waals surface area contributed by atoms with Crippen LogP contribution in [0, 0.1) is 0 Å². The molecule has 0 fully saturated rings. The van der Waals surface area contributed by atoms with Gasteiger partial charge in [-0.3, -0.25) is 0 Å². The fourth-order valence-electron chi connectivity index (χ4n) is 1.06. The van der Waals surface area contributed by atoms with Crippen LogP contribution in [0.5, 0.6) is 5.75 Å². The van der Waals surface area contributed by atoms with Crippen molar-refractivity contribution in [1.82, 2.24) is 0 Å². The molecule has 1 aromatic carbocycles. The maximum Gasteiger partial charge on any atom is 0.126 e. The zero-order chi connectivity index (χ0) is 6.81. The molecule has 0 atom stereocenters. The Hall–Kier alpha value is -0.480. The van der Waals surface area contributed by atoms with Gasteiger partial charge in [-0.25, -0.2) is 0 Å². The van der Waals surface area contributed by atoms with Gasteiger partial charge < -0.3 is 4.74 Å². The summed E-state index contributed by atoms with van der Waals surface area (Å²) in [5.74, 6) is 0.991. The van der Waals surface area contributed by atoms with Crippen LogP contribution < -0.4 is 4.74 Å². The van der Waals surface area contributed by atoms with Gasteiger partial charge in [-0.2, -0.15) is 0 Å². The molecule has 1 aliphatic rings. The van der Waals surface area contributed by atoms with Crippen molar-refractivity contribution < 1.29 is 4.74 Å². The molecule has 1 heterocycles. The molecule has 0 aliphatic carbocycles. The van der Waals surface area contributed by atoms with Crippen molar-refractivity contribution in [2.45, 2.75) is 0 Å². The second kappa shape index (κ2) is 5.22. The Balaban J connectivity index is 0.000000605. The van der Waals surface area contributed by atoms with Crippen LogP contribution in [0.25, 0.3) is 6.08 Å². The smallest absolute Gasteiger partial charge is 0.126 e. The van der Waals surface area contributed by atoms with Crippen molar-refractivity contribution in [2.75, 3.05) is 6.61 Å². The number of fused-ring (bicyclic) bond motifs is 1. The average molecular weight is 233 g/mol. The van der Waals surface area contributed by atoms with E-state index in [9.17, 15) is 0 Å². The Morgan fingerprint density at radius 3 is 2.67 bits per heavy atom. The Bertz CT molecular complexity index is 273. The van der Waals surface area contributed by atoms with Crippen LogP contribution in [-0.4, -0.2) is 35.2 Å². The zero-order valence-electron chi connectivity index (χ0n) is 6.58. The van der Waals surface area contributed by atoms with Gasteiger partial charge in [-0.1, -0.05) is 24.3 Å². The van der Waals surface area contributed by atoms with E-state index in [1.807, 2.05) is 30.3 Å². The van der Waals surface area contributed by atoms with Gasteiger partial charge in [0.2, 0.25) is 0 Å². The van der Waals surface area contributed by atoms with Crippen molar-refractivity contribution >= 4 is 34.6 Å². The van der Waals surface area contributed by atoms with Crippen molar-refractivity contribution in [2.24, 2.45) is 0 Å². The van der Waals surface area contributed by atoms with Gasteiger partial charge in [0.25, 0.3) is 0 Å². The molecule has 0 spiro atoms. The van der Waals surface area contributed by atoms with Crippen LogP contribution in [0.1, 0.15) is 5.56 Å². The van der Waals surface area contributed by atoms with E-state index in [4.69, 9.17) is 4.74 Å². The molecule has 0 aromatic heterocycles. The maximum atomic E-state index is 5.34. The quantitative estimate of drug-likeness (QED) is 0.614. The van der Waals surface area contributed by atoms with Crippen molar-refractivity contribution in [3.8, 4) is 5.75 Å². The molecule has 12 heavy (non-hydrogen) atoms. The molecule has 0 saturated heterocycles. The number of para-hydroxylation sites is 1. The van der Waals surface area contributed by atoms with Gasteiger partial charge in [0.15, 0.2) is 0 Å². The normalized spacial score (nSPS) is 11.7. The first kappa shape index (κ1) is 11.5. The Kier molecular flexibility index (Phi) is 5.01. The van der Waals surface area contributed by atoms with E-state index < -0.39 is 0 Å². The fourth-order valence-corrected chi connectivity index (χ4v) is 1.06. The van der Waals surface area contributed by atoms with Gasteiger partial charge in [0.1, 0.15) is 12.4 Å². The summed E-state index contributed by atoms with van der Waals surface area (Å²) >= 11 is 0. The molecule has 8 radical (unpaired) electrons. The summed E-state index contributed by atoms with van der Waals surface area (Å²) in [7, 11) is 0. The van der Waals surface area contributed by atoms with Gasteiger partial charge >= 0.3 is 0 Å². The summed E-state index contributed by atoms with van der Waals surface area (Å²) in [5, 5.41) is 0. The third-order valence-corrected chi connectivity index (χ3v) is 1.55. The minimum absolute atomic E-state index is 0. The minimum Gasteiger partial charge on any atom is -0.489 e. The van der Waals surface area contributed by atoms with Gasteiger partial charge in [-0.15, -0.1) is 0 Å². The number of benzene rings is 1. The number of rotatable bonds is 0. The van der Waals surface area contributed by atoms with Crippen molar-refractivity contribution in [3.05, 3.63) is 35.9 Å². The number of ether oxygens (including phenoxy) is 1. The summed E-state index contributed by atoms with van der Waals surface area (Å²) in [6, 6.07) is 8.03. The van der Waals surface area contributed by atoms with E-state index in [0.717, 1.165) is 5.75 Å². The molecule has 0 unspecified atom stereocenters. The van der Waals surface area contributed by atoms with Crippen LogP contribution in [0.15, 0.2) is 30.3 Å². The molecule has 1 aromatic rings. The number of hydrogen-bond donors (Lipinski definition) is 0. The first-order valence-corrected chi connectivity index (χ1v) is 3.35. The first-order chi connectivity index (χ1) is 4.97. The van der Waals surface area contributed by atoms with E-state index in [2.05, 4.69) is 6.08 Å². The molecule has 0 amide bonds. The summed E-state index contributed by atoms with van der Waals surface area (Å²) in [6.45, 7) is 0.705. The van der Waals surface area contributed by atoms with Gasteiger partial charge in [0.05, 0.1) is 0 Å². The molecular weight excluding hydrogens is 225 g/mol. The minimum atomic E-state index is 0. The first-order valence-electron chi connectivity index (χ1n) is 3.35. The molecule has 3 heteroatoms. The van der Waals surface area contributed by atoms with Crippen LogP contribution in [-0.2, 0) is 0 Å². The molecule has 2 rings (SSSR count). The molecule has 0 bridgehead atoms. The van der Waals surface area contributed by atoms with Crippen LogP contribution >= 0.6 is 0 Å². The third kappa shape index (κ3) is 2.25. The fraction of sp³-hybridized carbons (Fsp3) is 0.111. The molecule has 1 nitrogen and oxygen atoms in total. The summed E-state index contributed by atoms with van der Waals surface area (Å²) < 4.78 is 5.34. The van der Waals surface area contributed by atoms with Gasteiger partial charge in [0, 0.05) is 34.1 Å². The second-order valence-electron chi connectivity index (χ2n) is 2.25. The van der Waals surface area contributed by atoms with E-state index in [1.54, 1.807) is 0 Å². The van der Waals surface area contributed by atoms with E-state index >= 15 is 0 Å². The molecule has 58 valence electrons. The summed E-state index contributed by atoms with van der Waals surface area (Å²) in [6.07, 6.45) is 4.10. The van der Waals surface area contributed by atoms with Crippen LogP contribution in [0.4, 0.5) is 0 Å². The predicted molar refractivity (Wildman–Crippen MR) is 52.5 cm³/mol. The van der Waals surface area contributed by atoms with E-state index in [0.29, 0.717) is 6.61 Å². The Morgan fingerprint density at radius 2 is 1.92 bits per heavy atom. The maximum absolute atomic E-state index is 5.34. The molecule has 1 aliphatic heterocycles. The van der Waals surface area contributed by atoms with Crippen molar-refractivity contribution in [1.29, 1.82) is 0 Å². The predicted octanol–water partition coefficient (Wildman–Crippen LogP) is 1.33. The number of hydrogen-bond acceptors (Lipinski definition) is 1. The largest absolute Gasteiger partial charge is 0.489 e. The van der Waals surface area contributed by atoms with Gasteiger partial charge in [-0.05, 0) is 12.1 Å². The third-order valence-electron chi connectivity index (χ3n) is 1.55. The SMILES string of the molecule is C1=Cc2ccccc2OC1.[Ge].[Si]. The molecule has 0 N–H and O–H groups in total. The monoisotopic (exact) mass is 234 g/mol. The summed E-state index contributed by atoms with van der Waals surface area (Å²) in [4.78, 5) is 0. The molecular formula is C9H8GeOSi. The second-order valence-corrected chi connectivity index (χ2v) is 2.25. The Labute approximate surface area is 87.8 Å². The molecule has 0 saturated carbocycles. The summed E-state index contributed by atoms with van der Waals surface area (Å²) in [5.41, 5.74) is 1.17. The zero-order valence-corrected chi connectivity index (χ0v) is 9.68. The van der Waals surface area contributed by atoms with Crippen LogP contribution in [0.2, 0.25) is 0 Å².